The first kappa shape index (κ1) is 9.77. The Morgan fingerprint density at radius 3 is 2.94 bits per heavy atom. The molecular formula is C12H11N3O2. The molecule has 0 saturated carbocycles. The molecule has 0 saturated heterocycles. The molecule has 0 aliphatic carbocycles. The van der Waals surface area contributed by atoms with E-state index >= 15 is 0 Å². The molecule has 5 heteroatoms. The molecule has 0 radical (unpaired) electrons. The van der Waals surface area contributed by atoms with Gasteiger partial charge in [0.05, 0.1) is 22.7 Å². The van der Waals surface area contributed by atoms with Crippen LogP contribution in [0.4, 0.5) is 5.69 Å². The van der Waals surface area contributed by atoms with Gasteiger partial charge in [0, 0.05) is 13.2 Å². The number of hydrogen-bond acceptors (Lipinski definition) is 4. The smallest absolute Gasteiger partial charge is 0.191 e. The largest absolute Gasteiger partial charge is 0.507 e. The summed E-state index contributed by atoms with van der Waals surface area (Å²) in [6.45, 7) is 0. The van der Waals surface area contributed by atoms with Crippen LogP contribution in [0.25, 0.3) is 22.2 Å². The lowest BCUT2D eigenvalue weighted by atomic mass is 10.1. The number of aryl methyl sites for hydroxylation is 1. The van der Waals surface area contributed by atoms with E-state index < -0.39 is 0 Å². The van der Waals surface area contributed by atoms with Gasteiger partial charge >= 0.3 is 0 Å². The van der Waals surface area contributed by atoms with Gasteiger partial charge in [-0.05, 0) is 12.1 Å². The first-order chi connectivity index (χ1) is 8.18. The van der Waals surface area contributed by atoms with Crippen molar-refractivity contribution in [3.8, 4) is 17.1 Å². The van der Waals surface area contributed by atoms with Crippen LogP contribution in [-0.4, -0.2) is 14.8 Å². The Bertz CT molecular complexity index is 697. The van der Waals surface area contributed by atoms with Crippen LogP contribution >= 0.6 is 0 Å². The van der Waals surface area contributed by atoms with Crippen molar-refractivity contribution in [2.75, 3.05) is 5.73 Å². The van der Waals surface area contributed by atoms with Crippen molar-refractivity contribution in [1.82, 2.24) is 9.72 Å². The molecule has 0 atom stereocenters. The first-order valence-electron chi connectivity index (χ1n) is 5.16. The second kappa shape index (κ2) is 3.28. The van der Waals surface area contributed by atoms with Gasteiger partial charge in [-0.2, -0.15) is 0 Å². The predicted octanol–water partition coefficient (Wildman–Crippen LogP) is 2.12. The summed E-state index contributed by atoms with van der Waals surface area (Å²) in [5.41, 5.74) is 7.89. The van der Waals surface area contributed by atoms with E-state index in [1.165, 1.54) is 6.20 Å². The van der Waals surface area contributed by atoms with Crippen LogP contribution in [0, 0.1) is 0 Å². The molecule has 5 nitrogen and oxygen atoms in total. The number of hydrogen-bond donors (Lipinski definition) is 2. The monoisotopic (exact) mass is 229 g/mol. The van der Waals surface area contributed by atoms with Crippen molar-refractivity contribution >= 4 is 16.6 Å². The summed E-state index contributed by atoms with van der Waals surface area (Å²) in [7, 11) is 1.90. The maximum atomic E-state index is 9.94. The summed E-state index contributed by atoms with van der Waals surface area (Å²) in [5.74, 6) is 0.686. The molecule has 3 rings (SSSR count). The predicted molar refractivity (Wildman–Crippen MR) is 64.5 cm³/mol. The van der Waals surface area contributed by atoms with Gasteiger partial charge in [-0.1, -0.05) is 11.2 Å². The third kappa shape index (κ3) is 1.29. The van der Waals surface area contributed by atoms with Crippen LogP contribution in [0.15, 0.2) is 35.1 Å². The molecule has 3 N–H and O–H groups in total. The van der Waals surface area contributed by atoms with Crippen molar-refractivity contribution < 1.29 is 9.63 Å². The number of aromatic hydroxyl groups is 1. The summed E-state index contributed by atoms with van der Waals surface area (Å²) >= 11 is 0. The van der Waals surface area contributed by atoms with Gasteiger partial charge in [-0.25, -0.2) is 0 Å². The van der Waals surface area contributed by atoms with Crippen molar-refractivity contribution in [2.24, 2.45) is 7.05 Å². The fourth-order valence-electron chi connectivity index (χ4n) is 2.05. The fraction of sp³-hybridized carbons (Fsp3) is 0.0833. The average Bonchev–Trinajstić information content (AvgIpc) is 2.85. The number of rotatable bonds is 1. The summed E-state index contributed by atoms with van der Waals surface area (Å²) in [5, 5.41) is 14.3. The number of nitrogens with two attached hydrogens (primary N) is 1. The number of aromatic nitrogens is 2. The number of nitrogens with zero attached hydrogens (tertiary/aromatic N) is 2. The van der Waals surface area contributed by atoms with Crippen LogP contribution in [0.3, 0.4) is 0 Å². The summed E-state index contributed by atoms with van der Waals surface area (Å²) in [4.78, 5) is 0. The highest BCUT2D eigenvalue weighted by Gasteiger charge is 2.17. The zero-order valence-corrected chi connectivity index (χ0v) is 9.21. The summed E-state index contributed by atoms with van der Waals surface area (Å²) < 4.78 is 7.04. The van der Waals surface area contributed by atoms with E-state index in [1.807, 2.05) is 23.9 Å². The first-order valence-corrected chi connectivity index (χ1v) is 5.16. The van der Waals surface area contributed by atoms with E-state index in [1.54, 1.807) is 12.1 Å². The number of fused-ring (bicyclic) bond motifs is 1. The lowest BCUT2D eigenvalue weighted by molar-refractivity contribution is 0.432. The zero-order valence-electron chi connectivity index (χ0n) is 9.21. The Morgan fingerprint density at radius 1 is 1.41 bits per heavy atom. The molecule has 0 fully saturated rings. The van der Waals surface area contributed by atoms with Crippen LogP contribution in [0.2, 0.25) is 0 Å². The van der Waals surface area contributed by atoms with Crippen LogP contribution in [0.1, 0.15) is 0 Å². The fourth-order valence-corrected chi connectivity index (χ4v) is 2.05. The quantitative estimate of drug-likeness (QED) is 0.670. The van der Waals surface area contributed by atoms with Crippen molar-refractivity contribution in [3.05, 3.63) is 30.6 Å². The third-order valence-corrected chi connectivity index (χ3v) is 2.84. The average molecular weight is 229 g/mol. The van der Waals surface area contributed by atoms with Gasteiger partial charge in [-0.3, -0.25) is 0 Å². The number of nitrogen functional groups attached to an aromatic ring is 1. The van der Waals surface area contributed by atoms with Crippen LogP contribution < -0.4 is 5.73 Å². The Balaban J connectivity index is 2.42. The molecule has 2 aromatic heterocycles. The van der Waals surface area contributed by atoms with Crippen molar-refractivity contribution in [3.63, 3.8) is 0 Å². The van der Waals surface area contributed by atoms with Gasteiger partial charge < -0.3 is 19.9 Å². The topological polar surface area (TPSA) is 77.2 Å². The molecule has 3 aromatic rings. The standard InChI is InChI=1S/C12H11N3O2/c1-15-6-7(12-8(13)5-14-17-12)11-9(15)3-2-4-10(11)16/h2-6,16H,13H2,1H3. The van der Waals surface area contributed by atoms with E-state index in [2.05, 4.69) is 5.16 Å². The Morgan fingerprint density at radius 2 is 2.24 bits per heavy atom. The van der Waals surface area contributed by atoms with E-state index in [-0.39, 0.29) is 5.75 Å². The molecule has 1 aromatic carbocycles. The zero-order chi connectivity index (χ0) is 12.0. The Kier molecular flexibility index (Phi) is 1.89. The SMILES string of the molecule is Cn1cc(-c2oncc2N)c2c(O)cccc21. The molecular weight excluding hydrogens is 218 g/mol. The number of anilines is 1. The van der Waals surface area contributed by atoms with Crippen LogP contribution in [0.5, 0.6) is 5.75 Å². The second-order valence-electron chi connectivity index (χ2n) is 3.94. The van der Waals surface area contributed by atoms with Crippen molar-refractivity contribution in [2.45, 2.75) is 0 Å². The van der Waals surface area contributed by atoms with E-state index in [9.17, 15) is 5.11 Å². The van der Waals surface area contributed by atoms with Gasteiger partial charge in [-0.15, -0.1) is 0 Å². The minimum atomic E-state index is 0.203. The molecule has 17 heavy (non-hydrogen) atoms. The van der Waals surface area contributed by atoms with Gasteiger partial charge in [0.2, 0.25) is 0 Å². The normalized spacial score (nSPS) is 11.1. The lowest BCUT2D eigenvalue weighted by Crippen LogP contribution is -1.84. The minimum Gasteiger partial charge on any atom is -0.507 e. The van der Waals surface area contributed by atoms with E-state index in [0.29, 0.717) is 11.4 Å². The maximum Gasteiger partial charge on any atom is 0.191 e. The molecule has 0 bridgehead atoms. The van der Waals surface area contributed by atoms with E-state index in [4.69, 9.17) is 10.3 Å². The van der Waals surface area contributed by atoms with E-state index in [0.717, 1.165) is 16.5 Å². The number of benzene rings is 1. The van der Waals surface area contributed by atoms with Crippen molar-refractivity contribution in [1.29, 1.82) is 0 Å². The highest BCUT2D eigenvalue weighted by Crippen LogP contribution is 2.37. The summed E-state index contributed by atoms with van der Waals surface area (Å²) in [6, 6.07) is 5.36. The number of phenols is 1. The maximum absolute atomic E-state index is 9.94. The molecule has 0 spiro atoms. The molecule has 0 aliphatic rings. The van der Waals surface area contributed by atoms with Gasteiger partial charge in [0.25, 0.3) is 0 Å². The Labute approximate surface area is 97.1 Å². The highest BCUT2D eigenvalue weighted by molar-refractivity contribution is 6.00. The second-order valence-corrected chi connectivity index (χ2v) is 3.94. The molecule has 86 valence electrons. The molecule has 0 amide bonds. The molecule has 0 aliphatic heterocycles. The lowest BCUT2D eigenvalue weighted by Gasteiger charge is -1.98. The molecule has 2 heterocycles. The third-order valence-electron chi connectivity index (χ3n) is 2.84. The van der Waals surface area contributed by atoms with Gasteiger partial charge in [0.15, 0.2) is 5.76 Å². The summed E-state index contributed by atoms with van der Waals surface area (Å²) in [6.07, 6.45) is 3.31. The van der Waals surface area contributed by atoms with Gasteiger partial charge in [0.1, 0.15) is 11.4 Å². The Hall–Kier alpha value is -2.43. The molecule has 0 unspecified atom stereocenters. The number of phenolic OH excluding ortho intramolecular Hbond substituents is 1. The minimum absolute atomic E-state index is 0.203. The highest BCUT2D eigenvalue weighted by atomic mass is 16.5. The van der Waals surface area contributed by atoms with Crippen LogP contribution in [-0.2, 0) is 7.05 Å².